The Hall–Kier alpha value is -2.54. The number of benzene rings is 3. The number of rotatable bonds is 4. The first kappa shape index (κ1) is 20.4. The summed E-state index contributed by atoms with van der Waals surface area (Å²) >= 11 is 1.68. The van der Waals surface area contributed by atoms with E-state index in [4.69, 9.17) is 0 Å². The maximum Gasteiger partial charge on any atom is 0.244 e. The van der Waals surface area contributed by atoms with E-state index in [2.05, 4.69) is 41.4 Å². The molecular formula is C25H24N2O2S2. The van der Waals surface area contributed by atoms with Gasteiger partial charge in [-0.3, -0.25) is 0 Å². The standard InChI is InChI=1S/C25H24N2O2S2/c1-17-7-13-20(14-8-17)31(28,29)27-16-15-22-21-5-3-4-6-23(21)26-24(22)25(27)18-9-11-19(30-2)12-10-18/h3-14,25-26H,15-16H2,1-2H3. The second kappa shape index (κ2) is 7.86. The highest BCUT2D eigenvalue weighted by Crippen LogP contribution is 2.41. The van der Waals surface area contributed by atoms with Gasteiger partial charge in [-0.05, 0) is 61.1 Å². The molecular weight excluding hydrogens is 424 g/mol. The molecule has 4 aromatic rings. The highest BCUT2D eigenvalue weighted by atomic mass is 32.2. The molecule has 0 saturated heterocycles. The van der Waals surface area contributed by atoms with Gasteiger partial charge in [0.2, 0.25) is 10.0 Å². The minimum Gasteiger partial charge on any atom is -0.357 e. The summed E-state index contributed by atoms with van der Waals surface area (Å²) in [7, 11) is -3.66. The lowest BCUT2D eigenvalue weighted by Gasteiger charge is -2.35. The highest BCUT2D eigenvalue weighted by molar-refractivity contribution is 7.98. The number of sulfonamides is 1. The van der Waals surface area contributed by atoms with Crippen LogP contribution in [0.4, 0.5) is 0 Å². The maximum atomic E-state index is 13.7. The SMILES string of the molecule is CSc1ccc(C2c3[nH]c4ccccc4c3CCN2S(=O)(=O)c2ccc(C)cc2)cc1. The fraction of sp³-hybridized carbons (Fsp3) is 0.200. The van der Waals surface area contributed by atoms with E-state index in [0.717, 1.165) is 27.2 Å². The Bertz CT molecular complexity index is 1340. The van der Waals surface area contributed by atoms with Gasteiger partial charge in [0.15, 0.2) is 0 Å². The number of aromatic nitrogens is 1. The molecule has 1 N–H and O–H groups in total. The highest BCUT2D eigenvalue weighted by Gasteiger charge is 2.39. The van der Waals surface area contributed by atoms with Crippen molar-refractivity contribution < 1.29 is 8.42 Å². The molecule has 2 heterocycles. The first-order valence-electron chi connectivity index (χ1n) is 10.3. The minimum atomic E-state index is -3.66. The van der Waals surface area contributed by atoms with Crippen LogP contribution < -0.4 is 0 Å². The number of H-pyrrole nitrogens is 1. The van der Waals surface area contributed by atoms with Crippen molar-refractivity contribution in [3.05, 3.63) is 95.2 Å². The predicted molar refractivity (Wildman–Crippen MR) is 127 cm³/mol. The third kappa shape index (κ3) is 3.49. The van der Waals surface area contributed by atoms with Crippen molar-refractivity contribution >= 4 is 32.7 Å². The molecule has 1 aliphatic heterocycles. The number of hydrogen-bond acceptors (Lipinski definition) is 3. The van der Waals surface area contributed by atoms with Crippen LogP contribution in [0.15, 0.2) is 82.6 Å². The molecule has 0 amide bonds. The Morgan fingerprint density at radius 3 is 2.39 bits per heavy atom. The summed E-state index contributed by atoms with van der Waals surface area (Å²) in [4.78, 5) is 5.04. The quantitative estimate of drug-likeness (QED) is 0.417. The molecule has 5 rings (SSSR count). The van der Waals surface area contributed by atoms with Crippen LogP contribution in [0.1, 0.15) is 28.4 Å². The van der Waals surface area contributed by atoms with Crippen LogP contribution in [-0.4, -0.2) is 30.5 Å². The van der Waals surface area contributed by atoms with E-state index >= 15 is 0 Å². The molecule has 1 aromatic heterocycles. The third-order valence-electron chi connectivity index (χ3n) is 6.05. The van der Waals surface area contributed by atoms with Crippen LogP contribution in [0.3, 0.4) is 0 Å². The van der Waals surface area contributed by atoms with E-state index in [1.54, 1.807) is 28.2 Å². The second-order valence-corrected chi connectivity index (χ2v) is 10.7. The van der Waals surface area contributed by atoms with Crippen LogP contribution in [-0.2, 0) is 16.4 Å². The largest absolute Gasteiger partial charge is 0.357 e. The molecule has 0 bridgehead atoms. The van der Waals surface area contributed by atoms with E-state index in [0.29, 0.717) is 17.9 Å². The number of nitrogens with zero attached hydrogens (tertiary/aromatic N) is 1. The van der Waals surface area contributed by atoms with Crippen molar-refractivity contribution in [3.63, 3.8) is 0 Å². The average Bonchev–Trinajstić information content (AvgIpc) is 3.17. The number of thioether (sulfide) groups is 1. The molecule has 1 aliphatic rings. The summed E-state index contributed by atoms with van der Waals surface area (Å²) < 4.78 is 29.1. The van der Waals surface area contributed by atoms with Crippen molar-refractivity contribution in [2.75, 3.05) is 12.8 Å². The van der Waals surface area contributed by atoms with Gasteiger partial charge < -0.3 is 4.98 Å². The summed E-state index contributed by atoms with van der Waals surface area (Å²) in [5.74, 6) is 0. The number of aromatic amines is 1. The predicted octanol–water partition coefficient (Wildman–Crippen LogP) is 5.53. The molecule has 1 atom stereocenters. The molecule has 6 heteroatoms. The van der Waals surface area contributed by atoms with Crippen LogP contribution in [0.25, 0.3) is 10.9 Å². The molecule has 31 heavy (non-hydrogen) atoms. The van der Waals surface area contributed by atoms with Crippen LogP contribution >= 0.6 is 11.8 Å². The Labute approximate surface area is 187 Å². The van der Waals surface area contributed by atoms with Gasteiger partial charge in [-0.2, -0.15) is 4.31 Å². The Kier molecular flexibility index (Phi) is 5.16. The second-order valence-electron chi connectivity index (χ2n) is 7.92. The minimum absolute atomic E-state index is 0.336. The molecule has 1 unspecified atom stereocenters. The van der Waals surface area contributed by atoms with E-state index in [9.17, 15) is 8.42 Å². The van der Waals surface area contributed by atoms with Crippen LogP contribution in [0, 0.1) is 6.92 Å². The summed E-state index contributed by atoms with van der Waals surface area (Å²) in [5, 5.41) is 1.18. The summed E-state index contributed by atoms with van der Waals surface area (Å²) in [6.45, 7) is 2.41. The van der Waals surface area contributed by atoms with Crippen molar-refractivity contribution in [2.24, 2.45) is 0 Å². The Morgan fingerprint density at radius 1 is 0.968 bits per heavy atom. The van der Waals surface area contributed by atoms with Crippen molar-refractivity contribution in [1.82, 2.24) is 9.29 Å². The van der Waals surface area contributed by atoms with E-state index < -0.39 is 16.1 Å². The first-order valence-corrected chi connectivity index (χ1v) is 13.0. The van der Waals surface area contributed by atoms with E-state index in [1.165, 1.54) is 10.9 Å². The number of nitrogens with one attached hydrogen (secondary N) is 1. The number of aryl methyl sites for hydroxylation is 1. The zero-order valence-electron chi connectivity index (χ0n) is 17.5. The fourth-order valence-electron chi connectivity index (χ4n) is 4.44. The Morgan fingerprint density at radius 2 is 1.68 bits per heavy atom. The van der Waals surface area contributed by atoms with E-state index in [-0.39, 0.29) is 0 Å². The van der Waals surface area contributed by atoms with Gasteiger partial charge in [-0.1, -0.05) is 48.0 Å². The average molecular weight is 449 g/mol. The van der Waals surface area contributed by atoms with Crippen LogP contribution in [0.2, 0.25) is 0 Å². The maximum absolute atomic E-state index is 13.7. The smallest absolute Gasteiger partial charge is 0.244 e. The van der Waals surface area contributed by atoms with Crippen molar-refractivity contribution in [2.45, 2.75) is 29.2 Å². The molecule has 0 saturated carbocycles. The molecule has 158 valence electrons. The summed E-state index contributed by atoms with van der Waals surface area (Å²) in [5.41, 5.74) is 5.25. The molecule has 0 fully saturated rings. The summed E-state index contributed by atoms with van der Waals surface area (Å²) in [6.07, 6.45) is 2.73. The van der Waals surface area contributed by atoms with Gasteiger partial charge in [0.05, 0.1) is 10.9 Å². The van der Waals surface area contributed by atoms with Gasteiger partial charge in [0.1, 0.15) is 0 Å². The summed E-state index contributed by atoms with van der Waals surface area (Å²) in [6, 6.07) is 23.2. The Balaban J connectivity index is 1.69. The number of hydrogen-bond donors (Lipinski definition) is 1. The molecule has 0 aliphatic carbocycles. The van der Waals surface area contributed by atoms with Crippen LogP contribution in [0.5, 0.6) is 0 Å². The van der Waals surface area contributed by atoms with Crippen molar-refractivity contribution in [1.29, 1.82) is 0 Å². The zero-order valence-corrected chi connectivity index (χ0v) is 19.1. The lowest BCUT2D eigenvalue weighted by atomic mass is 9.94. The lowest BCUT2D eigenvalue weighted by molar-refractivity contribution is 0.340. The monoisotopic (exact) mass is 448 g/mol. The molecule has 0 spiro atoms. The first-order chi connectivity index (χ1) is 15.0. The normalized spacial score (nSPS) is 17.0. The van der Waals surface area contributed by atoms with Crippen molar-refractivity contribution in [3.8, 4) is 0 Å². The third-order valence-corrected chi connectivity index (χ3v) is 8.67. The zero-order chi connectivity index (χ0) is 21.6. The number of fused-ring (bicyclic) bond motifs is 3. The number of para-hydroxylation sites is 1. The van der Waals surface area contributed by atoms with Gasteiger partial charge in [0, 0.05) is 28.0 Å². The molecule has 4 nitrogen and oxygen atoms in total. The van der Waals surface area contributed by atoms with Gasteiger partial charge in [-0.15, -0.1) is 11.8 Å². The molecule has 3 aromatic carbocycles. The van der Waals surface area contributed by atoms with Gasteiger partial charge in [-0.25, -0.2) is 8.42 Å². The lowest BCUT2D eigenvalue weighted by Crippen LogP contribution is -2.40. The topological polar surface area (TPSA) is 53.2 Å². The van der Waals surface area contributed by atoms with Gasteiger partial charge >= 0.3 is 0 Å². The van der Waals surface area contributed by atoms with E-state index in [1.807, 2.05) is 37.4 Å². The van der Waals surface area contributed by atoms with Gasteiger partial charge in [0.25, 0.3) is 0 Å². The fourth-order valence-corrected chi connectivity index (χ4v) is 6.44. The molecule has 0 radical (unpaired) electrons.